The zero-order valence-electron chi connectivity index (χ0n) is 17.7. The summed E-state index contributed by atoms with van der Waals surface area (Å²) in [6.07, 6.45) is 3.82. The molecule has 0 saturated carbocycles. The molecule has 4 rings (SSSR count). The number of esters is 1. The molecular formula is C25H27N3O3. The number of ether oxygens (including phenoxy) is 1. The zero-order chi connectivity index (χ0) is 21.7. The highest BCUT2D eigenvalue weighted by molar-refractivity contribution is 5.78. The number of aromatic hydroxyl groups is 1. The fourth-order valence-corrected chi connectivity index (χ4v) is 4.27. The van der Waals surface area contributed by atoms with Gasteiger partial charge in [0.05, 0.1) is 29.6 Å². The van der Waals surface area contributed by atoms with Crippen LogP contribution in [0.3, 0.4) is 0 Å². The normalized spacial score (nSPS) is 15.5. The lowest BCUT2D eigenvalue weighted by atomic mass is 9.73. The minimum Gasteiger partial charge on any atom is -0.507 e. The van der Waals surface area contributed by atoms with Crippen LogP contribution in [0.15, 0.2) is 66.9 Å². The van der Waals surface area contributed by atoms with Crippen molar-refractivity contribution in [2.75, 3.05) is 24.6 Å². The van der Waals surface area contributed by atoms with Crippen molar-refractivity contribution in [3.8, 4) is 17.0 Å². The van der Waals surface area contributed by atoms with Gasteiger partial charge in [-0.2, -0.15) is 10.2 Å². The number of hydrogen-bond donors (Lipinski definition) is 1. The number of rotatable bonds is 6. The lowest BCUT2D eigenvalue weighted by Gasteiger charge is -2.41. The van der Waals surface area contributed by atoms with Crippen LogP contribution < -0.4 is 4.90 Å². The SMILES string of the molecule is CCOC(=O)C1(Cc2ccccc2)CCN(c2cnnc(-c3ccccc3O)c2)CC1. The van der Waals surface area contributed by atoms with Gasteiger partial charge in [0.15, 0.2) is 0 Å². The van der Waals surface area contributed by atoms with Crippen LogP contribution >= 0.6 is 0 Å². The van der Waals surface area contributed by atoms with E-state index in [1.165, 1.54) is 0 Å². The van der Waals surface area contributed by atoms with Gasteiger partial charge in [-0.3, -0.25) is 4.79 Å². The monoisotopic (exact) mass is 417 g/mol. The molecule has 3 aromatic rings. The number of carbonyl (C=O) groups is 1. The largest absolute Gasteiger partial charge is 0.507 e. The number of phenolic OH excluding ortho intramolecular Hbond substituents is 1. The second-order valence-electron chi connectivity index (χ2n) is 7.97. The Balaban J connectivity index is 1.54. The summed E-state index contributed by atoms with van der Waals surface area (Å²) in [7, 11) is 0. The van der Waals surface area contributed by atoms with E-state index in [1.807, 2.05) is 43.3 Å². The summed E-state index contributed by atoms with van der Waals surface area (Å²) in [5.74, 6) is 0.0676. The van der Waals surface area contributed by atoms with Crippen LogP contribution in [0.5, 0.6) is 5.75 Å². The molecule has 1 fully saturated rings. The molecule has 6 heteroatoms. The molecule has 0 amide bonds. The minimum atomic E-state index is -0.519. The number of anilines is 1. The van der Waals surface area contributed by atoms with Gasteiger partial charge in [0, 0.05) is 18.7 Å². The van der Waals surface area contributed by atoms with Crippen molar-refractivity contribution in [2.45, 2.75) is 26.2 Å². The van der Waals surface area contributed by atoms with E-state index in [0.29, 0.717) is 37.1 Å². The second-order valence-corrected chi connectivity index (χ2v) is 7.97. The summed E-state index contributed by atoms with van der Waals surface area (Å²) >= 11 is 0. The van der Waals surface area contributed by atoms with Gasteiger partial charge in [-0.25, -0.2) is 0 Å². The Labute approximate surface area is 182 Å². The Kier molecular flexibility index (Phi) is 6.16. The van der Waals surface area contributed by atoms with E-state index in [1.54, 1.807) is 18.3 Å². The summed E-state index contributed by atoms with van der Waals surface area (Å²) in [5.41, 5.74) is 2.84. The Morgan fingerprint density at radius 3 is 2.52 bits per heavy atom. The molecule has 1 aliphatic rings. The number of phenols is 1. The maximum absolute atomic E-state index is 13.0. The molecule has 0 aliphatic carbocycles. The highest BCUT2D eigenvalue weighted by Crippen LogP contribution is 2.38. The van der Waals surface area contributed by atoms with Gasteiger partial charge in [0.2, 0.25) is 0 Å². The Morgan fingerprint density at radius 1 is 1.10 bits per heavy atom. The lowest BCUT2D eigenvalue weighted by Crippen LogP contribution is -2.46. The standard InChI is InChI=1S/C25H27N3O3/c1-2-31-24(30)25(17-19-8-4-3-5-9-19)12-14-28(15-13-25)20-16-22(27-26-18-20)21-10-6-7-11-23(21)29/h3-11,16,18,29H,2,12-15,17H2,1H3. The van der Waals surface area contributed by atoms with E-state index in [-0.39, 0.29) is 11.7 Å². The predicted octanol–water partition coefficient (Wildman–Crippen LogP) is 4.24. The predicted molar refractivity (Wildman–Crippen MR) is 120 cm³/mol. The second kappa shape index (κ2) is 9.16. The van der Waals surface area contributed by atoms with Crippen LogP contribution in [0, 0.1) is 5.41 Å². The van der Waals surface area contributed by atoms with E-state index in [4.69, 9.17) is 4.74 Å². The van der Waals surface area contributed by atoms with E-state index in [0.717, 1.165) is 24.3 Å². The first-order valence-electron chi connectivity index (χ1n) is 10.7. The van der Waals surface area contributed by atoms with Gasteiger partial charge in [0.25, 0.3) is 0 Å². The number of piperidine rings is 1. The molecule has 2 heterocycles. The third-order valence-electron chi connectivity index (χ3n) is 6.00. The summed E-state index contributed by atoms with van der Waals surface area (Å²) in [5, 5.41) is 18.5. The van der Waals surface area contributed by atoms with Gasteiger partial charge in [-0.1, -0.05) is 42.5 Å². The van der Waals surface area contributed by atoms with Gasteiger partial charge >= 0.3 is 5.97 Å². The zero-order valence-corrected chi connectivity index (χ0v) is 17.7. The first kappa shape index (κ1) is 20.8. The third kappa shape index (κ3) is 4.53. The van der Waals surface area contributed by atoms with Gasteiger partial charge in [0.1, 0.15) is 5.75 Å². The summed E-state index contributed by atoms with van der Waals surface area (Å²) in [6, 6.07) is 19.2. The van der Waals surface area contributed by atoms with E-state index in [2.05, 4.69) is 27.2 Å². The number of carbonyl (C=O) groups excluding carboxylic acids is 1. The fourth-order valence-electron chi connectivity index (χ4n) is 4.27. The average Bonchev–Trinajstić information content (AvgIpc) is 2.81. The Morgan fingerprint density at radius 2 is 1.81 bits per heavy atom. The molecule has 6 nitrogen and oxygen atoms in total. The van der Waals surface area contributed by atoms with E-state index < -0.39 is 5.41 Å². The number of benzene rings is 2. The van der Waals surface area contributed by atoms with Crippen molar-refractivity contribution in [3.05, 3.63) is 72.4 Å². The van der Waals surface area contributed by atoms with Crippen molar-refractivity contribution in [1.82, 2.24) is 10.2 Å². The van der Waals surface area contributed by atoms with Crippen molar-refractivity contribution >= 4 is 11.7 Å². The molecular weight excluding hydrogens is 390 g/mol. The third-order valence-corrected chi connectivity index (χ3v) is 6.00. The molecule has 160 valence electrons. The van der Waals surface area contributed by atoms with Gasteiger partial charge in [-0.05, 0) is 49.9 Å². The summed E-state index contributed by atoms with van der Waals surface area (Å²) in [6.45, 7) is 3.68. The molecule has 1 saturated heterocycles. The van der Waals surface area contributed by atoms with Gasteiger partial charge < -0.3 is 14.7 Å². The molecule has 0 bridgehead atoms. The smallest absolute Gasteiger partial charge is 0.312 e. The molecule has 31 heavy (non-hydrogen) atoms. The fraction of sp³-hybridized carbons (Fsp3) is 0.320. The molecule has 1 aromatic heterocycles. The molecule has 2 aromatic carbocycles. The number of nitrogens with zero attached hydrogens (tertiary/aromatic N) is 3. The Bertz CT molecular complexity index is 1030. The quantitative estimate of drug-likeness (QED) is 0.605. The molecule has 1 N–H and O–H groups in total. The maximum atomic E-state index is 13.0. The first-order valence-corrected chi connectivity index (χ1v) is 10.7. The first-order chi connectivity index (χ1) is 15.1. The van der Waals surface area contributed by atoms with Crippen LogP contribution in [0.2, 0.25) is 0 Å². The van der Waals surface area contributed by atoms with Crippen LogP contribution in [-0.4, -0.2) is 41.0 Å². The van der Waals surface area contributed by atoms with Crippen molar-refractivity contribution in [2.24, 2.45) is 5.41 Å². The van der Waals surface area contributed by atoms with Crippen LogP contribution in [-0.2, 0) is 16.0 Å². The van der Waals surface area contributed by atoms with Crippen molar-refractivity contribution in [1.29, 1.82) is 0 Å². The number of para-hydroxylation sites is 1. The van der Waals surface area contributed by atoms with E-state index >= 15 is 0 Å². The lowest BCUT2D eigenvalue weighted by molar-refractivity contribution is -0.156. The molecule has 0 unspecified atom stereocenters. The summed E-state index contributed by atoms with van der Waals surface area (Å²) < 4.78 is 5.48. The maximum Gasteiger partial charge on any atom is 0.312 e. The van der Waals surface area contributed by atoms with Crippen LogP contribution in [0.1, 0.15) is 25.3 Å². The summed E-state index contributed by atoms with van der Waals surface area (Å²) in [4.78, 5) is 15.2. The van der Waals surface area contributed by atoms with Crippen molar-refractivity contribution in [3.63, 3.8) is 0 Å². The highest BCUT2D eigenvalue weighted by atomic mass is 16.5. The van der Waals surface area contributed by atoms with Crippen LogP contribution in [0.25, 0.3) is 11.3 Å². The minimum absolute atomic E-state index is 0.110. The van der Waals surface area contributed by atoms with Gasteiger partial charge in [-0.15, -0.1) is 0 Å². The number of hydrogen-bond acceptors (Lipinski definition) is 6. The molecule has 0 atom stereocenters. The van der Waals surface area contributed by atoms with E-state index in [9.17, 15) is 9.90 Å². The molecule has 0 spiro atoms. The highest BCUT2D eigenvalue weighted by Gasteiger charge is 2.42. The Hall–Kier alpha value is -3.41. The topological polar surface area (TPSA) is 75.5 Å². The molecule has 0 radical (unpaired) electrons. The molecule has 1 aliphatic heterocycles. The number of aromatic nitrogens is 2. The van der Waals surface area contributed by atoms with Crippen molar-refractivity contribution < 1.29 is 14.6 Å². The van der Waals surface area contributed by atoms with Crippen LogP contribution in [0.4, 0.5) is 5.69 Å². The average molecular weight is 418 g/mol.